The number of nitrogens with two attached hydrogens (primary N) is 1. The highest BCUT2D eigenvalue weighted by molar-refractivity contribution is 7.91. The second-order valence-corrected chi connectivity index (χ2v) is 5.61. The van der Waals surface area contributed by atoms with Gasteiger partial charge in [0.15, 0.2) is 9.84 Å². The van der Waals surface area contributed by atoms with E-state index >= 15 is 0 Å². The van der Waals surface area contributed by atoms with E-state index in [-0.39, 0.29) is 24.1 Å². The van der Waals surface area contributed by atoms with Gasteiger partial charge in [-0.15, -0.1) is 0 Å². The first-order valence-electron chi connectivity index (χ1n) is 4.41. The van der Waals surface area contributed by atoms with Crippen LogP contribution in [0.1, 0.15) is 18.3 Å². The maximum Gasteiger partial charge on any atom is 0.152 e. The molecule has 1 unspecified atom stereocenters. The summed E-state index contributed by atoms with van der Waals surface area (Å²) in [6.07, 6.45) is 2.02. The lowest BCUT2D eigenvalue weighted by Gasteiger charge is -2.09. The Hall–Kier alpha value is -0.950. The lowest BCUT2D eigenvalue weighted by Crippen LogP contribution is -2.17. The van der Waals surface area contributed by atoms with Crippen molar-refractivity contribution in [1.29, 1.82) is 0 Å². The zero-order chi connectivity index (χ0) is 10.2. The van der Waals surface area contributed by atoms with Gasteiger partial charge in [0.1, 0.15) is 12.2 Å². The Morgan fingerprint density at radius 2 is 2.43 bits per heavy atom. The monoisotopic (exact) mass is 216 g/mol. The Balaban J connectivity index is 2.25. The van der Waals surface area contributed by atoms with Crippen LogP contribution in [0, 0.1) is 0 Å². The van der Waals surface area contributed by atoms with Crippen molar-refractivity contribution in [2.45, 2.75) is 19.0 Å². The van der Waals surface area contributed by atoms with Crippen molar-refractivity contribution >= 4 is 9.84 Å². The molecule has 1 fully saturated rings. The van der Waals surface area contributed by atoms with Crippen LogP contribution in [0.5, 0.6) is 0 Å². The van der Waals surface area contributed by atoms with Crippen LogP contribution in [0.15, 0.2) is 6.33 Å². The molecule has 14 heavy (non-hydrogen) atoms. The summed E-state index contributed by atoms with van der Waals surface area (Å²) in [5, 5.41) is 4.00. The average Bonchev–Trinajstić information content (AvgIpc) is 2.70. The molecule has 2 N–H and O–H groups in total. The molecule has 1 saturated heterocycles. The van der Waals surface area contributed by atoms with Crippen LogP contribution in [-0.4, -0.2) is 34.7 Å². The van der Waals surface area contributed by atoms with Crippen LogP contribution in [0.3, 0.4) is 0 Å². The maximum atomic E-state index is 11.2. The van der Waals surface area contributed by atoms with Crippen molar-refractivity contribution in [2.75, 3.05) is 11.5 Å². The summed E-state index contributed by atoms with van der Waals surface area (Å²) in [4.78, 5) is 3.96. The summed E-state index contributed by atoms with van der Waals surface area (Å²) in [7, 11) is -2.88. The number of aromatic nitrogens is 3. The summed E-state index contributed by atoms with van der Waals surface area (Å²) >= 11 is 0. The first kappa shape index (κ1) is 9.60. The number of hydrogen-bond donors (Lipinski definition) is 1. The smallest absolute Gasteiger partial charge is 0.152 e. The normalized spacial score (nSPS) is 25.4. The minimum Gasteiger partial charge on any atom is -0.324 e. The highest BCUT2D eigenvalue weighted by atomic mass is 32.2. The van der Waals surface area contributed by atoms with E-state index < -0.39 is 9.84 Å². The fraction of sp³-hybridized carbons (Fsp3) is 0.714. The maximum absolute atomic E-state index is 11.2. The van der Waals surface area contributed by atoms with Gasteiger partial charge in [0, 0.05) is 0 Å². The van der Waals surface area contributed by atoms with E-state index in [0.29, 0.717) is 12.2 Å². The van der Waals surface area contributed by atoms with E-state index in [1.54, 1.807) is 4.68 Å². The Kier molecular flexibility index (Phi) is 2.28. The van der Waals surface area contributed by atoms with Crippen molar-refractivity contribution in [3.05, 3.63) is 12.2 Å². The minimum atomic E-state index is -2.88. The Labute approximate surface area is 82.0 Å². The van der Waals surface area contributed by atoms with Crippen LogP contribution in [-0.2, 0) is 16.4 Å². The Bertz CT molecular complexity index is 425. The summed E-state index contributed by atoms with van der Waals surface area (Å²) in [5.41, 5.74) is 5.46. The second-order valence-electron chi connectivity index (χ2n) is 3.38. The molecule has 0 radical (unpaired) electrons. The topological polar surface area (TPSA) is 90.9 Å². The fourth-order valence-electron chi connectivity index (χ4n) is 1.69. The van der Waals surface area contributed by atoms with Gasteiger partial charge in [-0.05, 0) is 6.42 Å². The van der Waals surface area contributed by atoms with E-state index in [0.717, 1.165) is 0 Å². The molecular formula is C7H12N4O2S. The van der Waals surface area contributed by atoms with Gasteiger partial charge in [0.25, 0.3) is 0 Å². The third-order valence-electron chi connectivity index (χ3n) is 2.38. The van der Waals surface area contributed by atoms with Gasteiger partial charge in [0.2, 0.25) is 0 Å². The zero-order valence-corrected chi connectivity index (χ0v) is 8.44. The van der Waals surface area contributed by atoms with Gasteiger partial charge in [-0.1, -0.05) is 0 Å². The molecular weight excluding hydrogens is 204 g/mol. The van der Waals surface area contributed by atoms with Gasteiger partial charge in [-0.3, -0.25) is 0 Å². The number of sulfone groups is 1. The Morgan fingerprint density at radius 1 is 1.64 bits per heavy atom. The molecule has 1 aromatic rings. The van der Waals surface area contributed by atoms with Crippen molar-refractivity contribution in [3.63, 3.8) is 0 Å². The number of hydrogen-bond acceptors (Lipinski definition) is 5. The van der Waals surface area contributed by atoms with Crippen molar-refractivity contribution in [2.24, 2.45) is 5.73 Å². The van der Waals surface area contributed by atoms with Crippen molar-refractivity contribution in [3.8, 4) is 0 Å². The van der Waals surface area contributed by atoms with Crippen molar-refractivity contribution < 1.29 is 8.42 Å². The largest absolute Gasteiger partial charge is 0.324 e. The van der Waals surface area contributed by atoms with E-state index in [1.807, 2.05) is 0 Å². The fourth-order valence-corrected chi connectivity index (χ4v) is 3.39. The quantitative estimate of drug-likeness (QED) is 0.691. The standard InChI is InChI=1S/C7H12N4O2S/c8-3-7-9-5-10-11(7)6-1-2-14(12,13)4-6/h5-6H,1-4,8H2. The highest BCUT2D eigenvalue weighted by Gasteiger charge is 2.30. The predicted octanol–water partition coefficient (Wildman–Crippen LogP) is -0.904. The third-order valence-corrected chi connectivity index (χ3v) is 4.13. The molecule has 0 saturated carbocycles. The summed E-state index contributed by atoms with van der Waals surface area (Å²) in [6.45, 7) is 0.288. The average molecular weight is 216 g/mol. The highest BCUT2D eigenvalue weighted by Crippen LogP contribution is 2.23. The molecule has 6 nitrogen and oxygen atoms in total. The van der Waals surface area contributed by atoms with Crippen LogP contribution in [0.2, 0.25) is 0 Å². The van der Waals surface area contributed by atoms with Gasteiger partial charge in [0.05, 0.1) is 24.1 Å². The van der Waals surface area contributed by atoms with Crippen LogP contribution < -0.4 is 5.73 Å². The van der Waals surface area contributed by atoms with E-state index in [9.17, 15) is 8.42 Å². The second kappa shape index (κ2) is 3.32. The molecule has 2 heterocycles. The lowest BCUT2D eigenvalue weighted by molar-refractivity contribution is 0.477. The molecule has 0 bridgehead atoms. The van der Waals surface area contributed by atoms with Crippen LogP contribution in [0.25, 0.3) is 0 Å². The molecule has 1 aliphatic rings. The summed E-state index contributed by atoms with van der Waals surface area (Å²) < 4.78 is 24.1. The van der Waals surface area contributed by atoms with Crippen LogP contribution in [0.4, 0.5) is 0 Å². The van der Waals surface area contributed by atoms with Crippen LogP contribution >= 0.6 is 0 Å². The van der Waals surface area contributed by atoms with Gasteiger partial charge >= 0.3 is 0 Å². The molecule has 0 aliphatic carbocycles. The molecule has 0 amide bonds. The van der Waals surface area contributed by atoms with Crippen molar-refractivity contribution in [1.82, 2.24) is 14.8 Å². The predicted molar refractivity (Wildman–Crippen MR) is 50.2 cm³/mol. The molecule has 7 heteroatoms. The molecule has 2 rings (SSSR count). The summed E-state index contributed by atoms with van der Waals surface area (Å²) in [5.74, 6) is 1.04. The molecule has 1 aliphatic heterocycles. The van der Waals surface area contributed by atoms with E-state index in [1.165, 1.54) is 6.33 Å². The molecule has 0 aromatic carbocycles. The minimum absolute atomic E-state index is 0.0824. The number of rotatable bonds is 2. The Morgan fingerprint density at radius 3 is 3.00 bits per heavy atom. The first-order chi connectivity index (χ1) is 6.62. The first-order valence-corrected chi connectivity index (χ1v) is 6.23. The molecule has 0 spiro atoms. The number of nitrogens with zero attached hydrogens (tertiary/aromatic N) is 3. The molecule has 1 aromatic heterocycles. The van der Waals surface area contributed by atoms with Gasteiger partial charge in [-0.2, -0.15) is 5.10 Å². The van der Waals surface area contributed by atoms with Gasteiger partial charge < -0.3 is 5.73 Å². The summed E-state index contributed by atoms with van der Waals surface area (Å²) in [6, 6.07) is -0.0824. The lowest BCUT2D eigenvalue weighted by atomic mass is 10.3. The van der Waals surface area contributed by atoms with Gasteiger partial charge in [-0.25, -0.2) is 18.1 Å². The molecule has 1 atom stereocenters. The SMILES string of the molecule is NCc1ncnn1C1CCS(=O)(=O)C1. The molecule has 78 valence electrons. The third kappa shape index (κ3) is 1.64. The van der Waals surface area contributed by atoms with E-state index in [2.05, 4.69) is 10.1 Å². The van der Waals surface area contributed by atoms with E-state index in [4.69, 9.17) is 5.73 Å². The zero-order valence-electron chi connectivity index (χ0n) is 7.63.